The molecule has 0 unspecified atom stereocenters. The quantitative estimate of drug-likeness (QED) is 0.273. The first kappa shape index (κ1) is 17.8. The number of nitrogens with zero attached hydrogens (tertiary/aromatic N) is 1. The Labute approximate surface area is 129 Å². The molecule has 1 aliphatic heterocycles. The lowest BCUT2D eigenvalue weighted by atomic mass is 9.98. The fourth-order valence-corrected chi connectivity index (χ4v) is 2.56. The van der Waals surface area contributed by atoms with Crippen LogP contribution in [0.25, 0.3) is 0 Å². The van der Waals surface area contributed by atoms with Crippen LogP contribution >= 0.6 is 24.0 Å². The van der Waals surface area contributed by atoms with E-state index >= 15 is 0 Å². The molecule has 0 amide bonds. The maximum absolute atomic E-state index is 10.1. The van der Waals surface area contributed by atoms with Crippen LogP contribution in [0, 0.1) is 0 Å². The zero-order chi connectivity index (χ0) is 15.1. The van der Waals surface area contributed by atoms with Gasteiger partial charge in [-0.1, -0.05) is 6.08 Å². The molecule has 0 spiro atoms. The van der Waals surface area contributed by atoms with E-state index in [1.807, 2.05) is 12.2 Å². The van der Waals surface area contributed by atoms with Crippen molar-refractivity contribution < 1.29 is 20.3 Å². The molecule has 5 N–H and O–H groups in total. The highest BCUT2D eigenvalue weighted by atomic mass is 35.5. The van der Waals surface area contributed by atoms with Crippen molar-refractivity contribution in [2.45, 2.75) is 31.3 Å². The number of nitrogens with two attached hydrogens (primary N) is 1. The Morgan fingerprint density at radius 3 is 2.90 bits per heavy atom. The molecule has 20 heavy (non-hydrogen) atoms. The smallest absolute Gasteiger partial charge is 0.266 e. The normalized spacial score (nSPS) is 30.2. The predicted octanol–water partition coefficient (Wildman–Crippen LogP) is -1.42. The number of aliphatic hydroxyl groups excluding tert-OH is 2. The summed E-state index contributed by atoms with van der Waals surface area (Å²) in [6.07, 6.45) is -0.853. The SMILES string of the molecule is C=CCN(Cl)C[C@H]1OC[C@H](NC(=S)[NH2+]CC)[C@@H](O)[C@@H]1O. The molecule has 0 aromatic carbocycles. The molecule has 1 fully saturated rings. The van der Waals surface area contributed by atoms with Gasteiger partial charge in [-0.3, -0.25) is 5.32 Å². The molecule has 4 atom stereocenters. The molecule has 0 bridgehead atoms. The fraction of sp³-hybridized carbons (Fsp3) is 0.750. The molecule has 8 heteroatoms. The molecule has 116 valence electrons. The number of aliphatic hydroxyl groups is 2. The maximum atomic E-state index is 10.1. The molecule has 1 rings (SSSR count). The Balaban J connectivity index is 2.49. The van der Waals surface area contributed by atoms with Crippen LogP contribution in [0.2, 0.25) is 0 Å². The zero-order valence-corrected chi connectivity index (χ0v) is 13.1. The maximum Gasteiger partial charge on any atom is 0.266 e. The average molecular weight is 325 g/mol. The van der Waals surface area contributed by atoms with Crippen LogP contribution in [-0.4, -0.2) is 70.3 Å². The standard InChI is InChI=1S/C12H22ClN3O3S/c1-3-5-16(13)6-9-11(18)10(17)8(7-19-9)15-12(20)14-4-2/h3,8-11,17-18H,1,4-7H2,2H3,(H2,14,15,20)/p+1/t8-,9+,10+,11+/m0/s1. The molecular formula is C12H23ClN3O3S+. The Morgan fingerprint density at radius 1 is 1.60 bits per heavy atom. The van der Waals surface area contributed by atoms with Gasteiger partial charge in [-0.05, 0) is 18.7 Å². The van der Waals surface area contributed by atoms with Crippen molar-refractivity contribution in [2.75, 3.05) is 26.2 Å². The fourth-order valence-electron chi connectivity index (χ4n) is 2.01. The van der Waals surface area contributed by atoms with Gasteiger partial charge in [0.2, 0.25) is 0 Å². The van der Waals surface area contributed by atoms with Crippen molar-refractivity contribution in [3.05, 3.63) is 12.7 Å². The molecule has 1 heterocycles. The lowest BCUT2D eigenvalue weighted by Gasteiger charge is -2.38. The topological polar surface area (TPSA) is 81.6 Å². The minimum absolute atomic E-state index is 0.263. The minimum Gasteiger partial charge on any atom is -0.388 e. The number of quaternary nitrogens is 1. The van der Waals surface area contributed by atoms with Crippen molar-refractivity contribution in [3.63, 3.8) is 0 Å². The third kappa shape index (κ3) is 5.25. The summed E-state index contributed by atoms with van der Waals surface area (Å²) in [5.74, 6) is 0. The first-order chi connectivity index (χ1) is 9.49. The summed E-state index contributed by atoms with van der Waals surface area (Å²) >= 11 is 11.0. The number of halogens is 1. The van der Waals surface area contributed by atoms with Gasteiger partial charge in [-0.15, -0.1) is 6.58 Å². The van der Waals surface area contributed by atoms with Gasteiger partial charge < -0.3 is 20.3 Å². The van der Waals surface area contributed by atoms with Crippen molar-refractivity contribution in [2.24, 2.45) is 0 Å². The molecule has 0 saturated carbocycles. The second-order valence-corrected chi connectivity index (χ2v) is 5.61. The van der Waals surface area contributed by atoms with E-state index in [0.29, 0.717) is 18.2 Å². The highest BCUT2D eigenvalue weighted by molar-refractivity contribution is 7.79. The Bertz CT molecular complexity index is 335. The summed E-state index contributed by atoms with van der Waals surface area (Å²) in [6, 6.07) is -0.417. The summed E-state index contributed by atoms with van der Waals surface area (Å²) in [7, 11) is 0. The average Bonchev–Trinajstić information content (AvgIpc) is 2.39. The van der Waals surface area contributed by atoms with Gasteiger partial charge in [0.25, 0.3) is 5.11 Å². The van der Waals surface area contributed by atoms with Gasteiger partial charge in [-0.25, -0.2) is 4.42 Å². The van der Waals surface area contributed by atoms with E-state index in [1.165, 1.54) is 4.42 Å². The highest BCUT2D eigenvalue weighted by Crippen LogP contribution is 2.17. The zero-order valence-electron chi connectivity index (χ0n) is 11.5. The van der Waals surface area contributed by atoms with Gasteiger partial charge in [0.15, 0.2) is 0 Å². The van der Waals surface area contributed by atoms with Crippen LogP contribution in [0.3, 0.4) is 0 Å². The van der Waals surface area contributed by atoms with Crippen LogP contribution in [0.5, 0.6) is 0 Å². The van der Waals surface area contributed by atoms with E-state index < -0.39 is 24.4 Å². The van der Waals surface area contributed by atoms with Gasteiger partial charge in [0.1, 0.15) is 18.3 Å². The molecule has 0 aromatic rings. The van der Waals surface area contributed by atoms with Crippen molar-refractivity contribution in [1.29, 1.82) is 0 Å². The molecule has 0 aromatic heterocycles. The third-order valence-corrected chi connectivity index (χ3v) is 3.62. The number of nitrogens with one attached hydrogen (secondary N) is 1. The van der Waals surface area contributed by atoms with Crippen LogP contribution in [0.4, 0.5) is 0 Å². The molecule has 6 nitrogen and oxygen atoms in total. The number of hydrogen-bond acceptors (Lipinski definition) is 5. The van der Waals surface area contributed by atoms with Crippen molar-refractivity contribution in [1.82, 2.24) is 9.74 Å². The Hall–Kier alpha value is -0.280. The summed E-state index contributed by atoms with van der Waals surface area (Å²) < 4.78 is 7.02. The van der Waals surface area contributed by atoms with Crippen molar-refractivity contribution in [3.8, 4) is 0 Å². The van der Waals surface area contributed by atoms with E-state index in [4.69, 9.17) is 28.7 Å². The van der Waals surface area contributed by atoms with E-state index in [0.717, 1.165) is 6.54 Å². The van der Waals surface area contributed by atoms with Crippen LogP contribution in [0.15, 0.2) is 12.7 Å². The highest BCUT2D eigenvalue weighted by Gasteiger charge is 2.39. The molecule has 1 saturated heterocycles. The van der Waals surface area contributed by atoms with Gasteiger partial charge >= 0.3 is 0 Å². The Kier molecular flexibility index (Phi) is 7.90. The van der Waals surface area contributed by atoms with Crippen LogP contribution < -0.4 is 10.6 Å². The second kappa shape index (κ2) is 8.89. The van der Waals surface area contributed by atoms with Gasteiger partial charge in [0, 0.05) is 25.3 Å². The lowest BCUT2D eigenvalue weighted by molar-refractivity contribution is -0.536. The van der Waals surface area contributed by atoms with E-state index in [2.05, 4.69) is 11.9 Å². The monoisotopic (exact) mass is 324 g/mol. The third-order valence-electron chi connectivity index (χ3n) is 3.06. The molecule has 0 aliphatic carbocycles. The Morgan fingerprint density at radius 2 is 2.30 bits per heavy atom. The van der Waals surface area contributed by atoms with Crippen LogP contribution in [-0.2, 0) is 4.74 Å². The first-order valence-electron chi connectivity index (χ1n) is 6.62. The van der Waals surface area contributed by atoms with E-state index in [-0.39, 0.29) is 6.61 Å². The minimum atomic E-state index is -1.02. The number of rotatable bonds is 6. The summed E-state index contributed by atoms with van der Waals surface area (Å²) in [5.41, 5.74) is 0. The second-order valence-electron chi connectivity index (χ2n) is 4.70. The molecular weight excluding hydrogens is 302 g/mol. The predicted molar refractivity (Wildman–Crippen MR) is 81.4 cm³/mol. The van der Waals surface area contributed by atoms with Gasteiger partial charge in [-0.2, -0.15) is 0 Å². The van der Waals surface area contributed by atoms with Crippen LogP contribution in [0.1, 0.15) is 6.92 Å². The number of ether oxygens (including phenoxy) is 1. The van der Waals surface area contributed by atoms with Crippen molar-refractivity contribution >= 4 is 29.1 Å². The van der Waals surface area contributed by atoms with Gasteiger partial charge in [0.05, 0.1) is 19.2 Å². The lowest BCUT2D eigenvalue weighted by Crippen LogP contribution is -2.91. The summed E-state index contributed by atoms with van der Waals surface area (Å²) in [4.78, 5) is 0. The molecule has 0 radical (unpaired) electrons. The summed E-state index contributed by atoms with van der Waals surface area (Å²) in [6.45, 7) is 7.41. The molecule has 1 aliphatic rings. The van der Waals surface area contributed by atoms with E-state index in [9.17, 15) is 10.2 Å². The summed E-state index contributed by atoms with van der Waals surface area (Å²) in [5, 5.41) is 25.6. The van der Waals surface area contributed by atoms with E-state index in [1.54, 1.807) is 6.08 Å². The number of hydrogen-bond donors (Lipinski definition) is 4. The first-order valence-corrected chi connectivity index (χ1v) is 7.37. The number of thiocarbonyl (C=S) groups is 1. The largest absolute Gasteiger partial charge is 0.388 e.